The Morgan fingerprint density at radius 1 is 1.14 bits per heavy atom. The lowest BCUT2D eigenvalue weighted by molar-refractivity contribution is -0.132. The summed E-state index contributed by atoms with van der Waals surface area (Å²) in [5.74, 6) is 2.21. The van der Waals surface area contributed by atoms with Crippen LogP contribution in [-0.4, -0.2) is 18.5 Å². The number of rotatable bonds is 3. The predicted octanol–water partition coefficient (Wildman–Crippen LogP) is 3.33. The standard InChI is InChI=1S/C18H34N2O/c1-12-7-5-6-8-14(12)11-20-17(21)15-9-10-16(19)13(2)18(15,3)4/h12-16H,5-11,19H2,1-4H3,(H,20,21). The van der Waals surface area contributed by atoms with E-state index in [1.165, 1.54) is 25.7 Å². The van der Waals surface area contributed by atoms with E-state index in [9.17, 15) is 4.79 Å². The van der Waals surface area contributed by atoms with Crippen molar-refractivity contribution in [1.29, 1.82) is 0 Å². The Hall–Kier alpha value is -0.570. The van der Waals surface area contributed by atoms with Gasteiger partial charge in [-0.2, -0.15) is 0 Å². The molecule has 1 amide bonds. The van der Waals surface area contributed by atoms with Gasteiger partial charge in [-0.1, -0.05) is 47.0 Å². The van der Waals surface area contributed by atoms with Crippen LogP contribution in [0.5, 0.6) is 0 Å². The molecule has 0 aromatic rings. The molecular weight excluding hydrogens is 260 g/mol. The molecule has 2 aliphatic rings. The highest BCUT2D eigenvalue weighted by molar-refractivity contribution is 5.79. The van der Waals surface area contributed by atoms with Crippen molar-refractivity contribution in [2.75, 3.05) is 6.54 Å². The molecule has 5 atom stereocenters. The molecule has 2 fully saturated rings. The lowest BCUT2D eigenvalue weighted by atomic mass is 9.61. The number of carbonyl (C=O) groups is 1. The second kappa shape index (κ2) is 6.68. The van der Waals surface area contributed by atoms with Gasteiger partial charge in [-0.25, -0.2) is 0 Å². The number of hydrogen-bond donors (Lipinski definition) is 2. The average Bonchev–Trinajstić information content (AvgIpc) is 2.44. The minimum Gasteiger partial charge on any atom is -0.356 e. The largest absolute Gasteiger partial charge is 0.356 e. The summed E-state index contributed by atoms with van der Waals surface area (Å²) in [7, 11) is 0. The number of amides is 1. The topological polar surface area (TPSA) is 55.1 Å². The lowest BCUT2D eigenvalue weighted by Gasteiger charge is -2.46. The minimum absolute atomic E-state index is 0.0000685. The first-order valence-corrected chi connectivity index (χ1v) is 8.87. The van der Waals surface area contributed by atoms with Crippen LogP contribution in [-0.2, 0) is 4.79 Å². The van der Waals surface area contributed by atoms with Gasteiger partial charge in [0.2, 0.25) is 5.91 Å². The van der Waals surface area contributed by atoms with Crippen molar-refractivity contribution in [2.45, 2.75) is 72.3 Å². The maximum absolute atomic E-state index is 12.7. The molecule has 0 aromatic heterocycles. The molecule has 3 heteroatoms. The highest BCUT2D eigenvalue weighted by Gasteiger charge is 2.45. The normalized spacial score (nSPS) is 39.8. The number of nitrogens with two attached hydrogens (primary N) is 1. The Morgan fingerprint density at radius 3 is 2.48 bits per heavy atom. The minimum atomic E-state index is -0.0000685. The van der Waals surface area contributed by atoms with Crippen molar-refractivity contribution in [2.24, 2.45) is 34.8 Å². The van der Waals surface area contributed by atoms with Crippen molar-refractivity contribution in [3.05, 3.63) is 0 Å². The summed E-state index contributed by atoms with van der Waals surface area (Å²) in [6.07, 6.45) is 7.19. The lowest BCUT2D eigenvalue weighted by Crippen LogP contribution is -2.52. The van der Waals surface area contributed by atoms with Crippen molar-refractivity contribution in [3.8, 4) is 0 Å². The van der Waals surface area contributed by atoms with Crippen molar-refractivity contribution >= 4 is 5.91 Å². The quantitative estimate of drug-likeness (QED) is 0.839. The third-order valence-corrected chi connectivity index (χ3v) is 6.65. The van der Waals surface area contributed by atoms with Gasteiger partial charge >= 0.3 is 0 Å². The average molecular weight is 294 g/mol. The van der Waals surface area contributed by atoms with E-state index in [0.29, 0.717) is 11.8 Å². The zero-order valence-electron chi connectivity index (χ0n) is 14.3. The van der Waals surface area contributed by atoms with E-state index < -0.39 is 0 Å². The summed E-state index contributed by atoms with van der Waals surface area (Å²) in [5.41, 5.74) is 6.19. The van der Waals surface area contributed by atoms with Crippen LogP contribution < -0.4 is 11.1 Å². The van der Waals surface area contributed by atoms with Gasteiger partial charge in [-0.05, 0) is 42.4 Å². The fraction of sp³-hybridized carbons (Fsp3) is 0.944. The molecular formula is C18H34N2O. The number of nitrogens with one attached hydrogen (secondary N) is 1. The molecule has 0 aromatic carbocycles. The highest BCUT2D eigenvalue weighted by atomic mass is 16.1. The van der Waals surface area contributed by atoms with Crippen LogP contribution in [0.2, 0.25) is 0 Å². The third-order valence-electron chi connectivity index (χ3n) is 6.65. The zero-order chi connectivity index (χ0) is 15.6. The summed E-state index contributed by atoms with van der Waals surface area (Å²) in [4.78, 5) is 12.7. The molecule has 5 unspecified atom stereocenters. The highest BCUT2D eigenvalue weighted by Crippen LogP contribution is 2.44. The second-order valence-electron chi connectivity index (χ2n) is 8.17. The van der Waals surface area contributed by atoms with Gasteiger partial charge in [0.1, 0.15) is 0 Å². The Balaban J connectivity index is 1.90. The van der Waals surface area contributed by atoms with E-state index in [1.807, 2.05) is 0 Å². The smallest absolute Gasteiger partial charge is 0.223 e. The van der Waals surface area contributed by atoms with Crippen LogP contribution in [0.1, 0.15) is 66.2 Å². The number of hydrogen-bond acceptors (Lipinski definition) is 2. The van der Waals surface area contributed by atoms with Gasteiger partial charge in [0, 0.05) is 18.5 Å². The number of carbonyl (C=O) groups excluding carboxylic acids is 1. The molecule has 0 bridgehead atoms. The van der Waals surface area contributed by atoms with Gasteiger partial charge in [-0.3, -0.25) is 4.79 Å². The van der Waals surface area contributed by atoms with E-state index in [0.717, 1.165) is 25.3 Å². The molecule has 2 aliphatic carbocycles. The molecule has 0 heterocycles. The van der Waals surface area contributed by atoms with Gasteiger partial charge < -0.3 is 11.1 Å². The molecule has 0 radical (unpaired) electrons. The molecule has 0 saturated heterocycles. The second-order valence-corrected chi connectivity index (χ2v) is 8.17. The Morgan fingerprint density at radius 2 is 1.81 bits per heavy atom. The third kappa shape index (κ3) is 3.61. The molecule has 122 valence electrons. The first kappa shape index (κ1) is 16.8. The fourth-order valence-corrected chi connectivity index (χ4v) is 4.37. The van der Waals surface area contributed by atoms with Crippen LogP contribution in [0.3, 0.4) is 0 Å². The first-order valence-electron chi connectivity index (χ1n) is 8.87. The summed E-state index contributed by atoms with van der Waals surface area (Å²) in [5, 5.41) is 3.26. The predicted molar refractivity (Wildman–Crippen MR) is 87.8 cm³/mol. The summed E-state index contributed by atoms with van der Waals surface area (Å²) in [6.45, 7) is 9.83. The van der Waals surface area contributed by atoms with Crippen LogP contribution >= 0.6 is 0 Å². The van der Waals surface area contributed by atoms with E-state index in [2.05, 4.69) is 33.0 Å². The van der Waals surface area contributed by atoms with Gasteiger partial charge in [0.15, 0.2) is 0 Å². The molecule has 0 aliphatic heterocycles. The van der Waals surface area contributed by atoms with Gasteiger partial charge in [0.05, 0.1) is 0 Å². The van der Waals surface area contributed by atoms with Gasteiger partial charge in [-0.15, -0.1) is 0 Å². The van der Waals surface area contributed by atoms with Crippen molar-refractivity contribution in [3.63, 3.8) is 0 Å². The van der Waals surface area contributed by atoms with E-state index in [1.54, 1.807) is 0 Å². The molecule has 2 rings (SSSR count). The monoisotopic (exact) mass is 294 g/mol. The first-order chi connectivity index (χ1) is 9.84. The van der Waals surface area contributed by atoms with Crippen molar-refractivity contribution < 1.29 is 4.79 Å². The SMILES string of the molecule is CC1CCCCC1CNC(=O)C1CCC(N)C(C)C1(C)C. The van der Waals surface area contributed by atoms with Crippen molar-refractivity contribution in [1.82, 2.24) is 5.32 Å². The Bertz CT molecular complexity index is 366. The van der Waals surface area contributed by atoms with E-state index in [4.69, 9.17) is 5.73 Å². The zero-order valence-corrected chi connectivity index (χ0v) is 14.3. The van der Waals surface area contributed by atoms with Crippen LogP contribution in [0.15, 0.2) is 0 Å². The van der Waals surface area contributed by atoms with E-state index in [-0.39, 0.29) is 23.3 Å². The molecule has 3 nitrogen and oxygen atoms in total. The van der Waals surface area contributed by atoms with Gasteiger partial charge in [0.25, 0.3) is 0 Å². The van der Waals surface area contributed by atoms with Crippen LogP contribution in [0, 0.1) is 29.1 Å². The molecule has 0 spiro atoms. The summed E-state index contributed by atoms with van der Waals surface area (Å²) in [6, 6.07) is 0.238. The summed E-state index contributed by atoms with van der Waals surface area (Å²) < 4.78 is 0. The maximum atomic E-state index is 12.7. The summed E-state index contributed by atoms with van der Waals surface area (Å²) >= 11 is 0. The van der Waals surface area contributed by atoms with Crippen LogP contribution in [0.25, 0.3) is 0 Å². The van der Waals surface area contributed by atoms with E-state index >= 15 is 0 Å². The molecule has 21 heavy (non-hydrogen) atoms. The van der Waals surface area contributed by atoms with Crippen LogP contribution in [0.4, 0.5) is 0 Å². The maximum Gasteiger partial charge on any atom is 0.223 e. The Kier molecular flexibility index (Phi) is 5.34. The fourth-order valence-electron chi connectivity index (χ4n) is 4.37. The Labute approximate surface area is 130 Å². The molecule has 3 N–H and O–H groups in total. The molecule has 2 saturated carbocycles.